The smallest absolute Gasteiger partial charge is 0.141 e. The molecule has 0 amide bonds. The lowest BCUT2D eigenvalue weighted by Gasteiger charge is -2.12. The number of pyridine rings is 1. The second-order valence-corrected chi connectivity index (χ2v) is 5.90. The van der Waals surface area contributed by atoms with Crippen molar-refractivity contribution >= 4 is 49.8 Å². The average Bonchev–Trinajstić information content (AvgIpc) is 2.51. The highest BCUT2D eigenvalue weighted by atomic mass is 79.9. The van der Waals surface area contributed by atoms with Gasteiger partial charge in [-0.3, -0.25) is 4.98 Å². The number of hydrogen-bond acceptors (Lipinski definition) is 3. The summed E-state index contributed by atoms with van der Waals surface area (Å²) in [5.41, 5.74) is 2.34. The number of nitrogens with zero attached hydrogens (tertiary/aromatic N) is 2. The summed E-state index contributed by atoms with van der Waals surface area (Å²) in [5, 5.41) is 13.2. The first-order chi connectivity index (χ1) is 10.6. The number of fused-ring (bicyclic) bond motifs is 1. The zero-order valence-corrected chi connectivity index (χ0v) is 13.4. The highest BCUT2D eigenvalue weighted by Crippen LogP contribution is 2.31. The van der Waals surface area contributed by atoms with Crippen LogP contribution in [-0.4, -0.2) is 4.98 Å². The number of nitrogens with one attached hydrogen (secondary N) is 1. The van der Waals surface area contributed by atoms with Crippen molar-refractivity contribution in [2.45, 2.75) is 0 Å². The maximum absolute atomic E-state index is 13.3. The molecule has 1 N–H and O–H groups in total. The van der Waals surface area contributed by atoms with Gasteiger partial charge in [0.1, 0.15) is 11.9 Å². The fourth-order valence-electron chi connectivity index (χ4n) is 2.10. The maximum Gasteiger partial charge on any atom is 0.141 e. The Morgan fingerprint density at radius 1 is 1.23 bits per heavy atom. The minimum Gasteiger partial charge on any atom is -0.354 e. The molecular weight excluding hydrogens is 369 g/mol. The second-order valence-electron chi connectivity index (χ2n) is 4.57. The van der Waals surface area contributed by atoms with Gasteiger partial charge in [0.05, 0.1) is 21.8 Å². The van der Waals surface area contributed by atoms with E-state index in [0.717, 1.165) is 15.4 Å². The monoisotopic (exact) mass is 375 g/mol. The molecule has 6 heteroatoms. The Hall–Kier alpha value is -2.16. The zero-order valence-electron chi connectivity index (χ0n) is 11.1. The molecular formula is C16H8BrClFN3. The topological polar surface area (TPSA) is 48.7 Å². The molecule has 0 saturated heterocycles. The highest BCUT2D eigenvalue weighted by Gasteiger charge is 2.10. The van der Waals surface area contributed by atoms with Crippen LogP contribution in [0.5, 0.6) is 0 Å². The number of halogens is 3. The van der Waals surface area contributed by atoms with Crippen LogP contribution in [0.1, 0.15) is 5.56 Å². The molecule has 0 atom stereocenters. The van der Waals surface area contributed by atoms with Gasteiger partial charge in [0, 0.05) is 21.7 Å². The van der Waals surface area contributed by atoms with Crippen molar-refractivity contribution in [2.24, 2.45) is 0 Å². The Morgan fingerprint density at radius 2 is 2.05 bits per heavy atom. The van der Waals surface area contributed by atoms with Crippen LogP contribution >= 0.6 is 27.5 Å². The summed E-state index contributed by atoms with van der Waals surface area (Å²) in [5.74, 6) is -0.491. The van der Waals surface area contributed by atoms with Crippen LogP contribution in [0.4, 0.5) is 15.8 Å². The van der Waals surface area contributed by atoms with E-state index in [0.29, 0.717) is 16.9 Å². The van der Waals surface area contributed by atoms with Crippen molar-refractivity contribution in [1.29, 1.82) is 5.26 Å². The number of benzene rings is 2. The molecule has 22 heavy (non-hydrogen) atoms. The molecule has 1 heterocycles. The standard InChI is InChI=1S/C16H8BrClFN3/c17-10-1-4-15-12(5-10)16(9(7-20)8-21-15)22-11-2-3-14(19)13(18)6-11/h1-6,8H,(H,21,22). The van der Waals surface area contributed by atoms with Crippen molar-refractivity contribution in [1.82, 2.24) is 4.98 Å². The van der Waals surface area contributed by atoms with Crippen LogP contribution in [0.3, 0.4) is 0 Å². The summed E-state index contributed by atoms with van der Waals surface area (Å²) < 4.78 is 14.1. The van der Waals surface area contributed by atoms with E-state index >= 15 is 0 Å². The lowest BCUT2D eigenvalue weighted by Crippen LogP contribution is -1.97. The van der Waals surface area contributed by atoms with Crippen LogP contribution in [0.25, 0.3) is 10.9 Å². The molecule has 3 nitrogen and oxygen atoms in total. The highest BCUT2D eigenvalue weighted by molar-refractivity contribution is 9.10. The van der Waals surface area contributed by atoms with Gasteiger partial charge in [-0.15, -0.1) is 0 Å². The van der Waals surface area contributed by atoms with E-state index < -0.39 is 5.82 Å². The van der Waals surface area contributed by atoms with E-state index in [1.807, 2.05) is 18.2 Å². The van der Waals surface area contributed by atoms with Gasteiger partial charge in [-0.25, -0.2) is 4.39 Å². The molecule has 1 aromatic heterocycles. The van der Waals surface area contributed by atoms with E-state index in [1.54, 1.807) is 6.07 Å². The fourth-order valence-corrected chi connectivity index (χ4v) is 2.64. The lowest BCUT2D eigenvalue weighted by atomic mass is 10.1. The van der Waals surface area contributed by atoms with Crippen molar-refractivity contribution in [3.8, 4) is 6.07 Å². The van der Waals surface area contributed by atoms with Crippen LogP contribution in [0.2, 0.25) is 5.02 Å². The van der Waals surface area contributed by atoms with Gasteiger partial charge in [-0.1, -0.05) is 27.5 Å². The Kier molecular flexibility index (Phi) is 3.97. The normalized spacial score (nSPS) is 10.5. The van der Waals surface area contributed by atoms with Crippen LogP contribution in [0.15, 0.2) is 47.1 Å². The van der Waals surface area contributed by atoms with E-state index in [1.165, 1.54) is 18.3 Å². The van der Waals surface area contributed by atoms with Crippen molar-refractivity contribution in [3.05, 3.63) is 63.5 Å². The third-order valence-corrected chi connectivity index (χ3v) is 3.92. The van der Waals surface area contributed by atoms with E-state index in [2.05, 4.69) is 32.3 Å². The maximum atomic E-state index is 13.3. The molecule has 0 unspecified atom stereocenters. The van der Waals surface area contributed by atoms with Crippen LogP contribution in [-0.2, 0) is 0 Å². The van der Waals surface area contributed by atoms with E-state index in [-0.39, 0.29) is 5.02 Å². The molecule has 0 aliphatic rings. The summed E-state index contributed by atoms with van der Waals surface area (Å²) in [6.07, 6.45) is 1.50. The molecule has 3 rings (SSSR count). The lowest BCUT2D eigenvalue weighted by molar-refractivity contribution is 0.628. The summed E-state index contributed by atoms with van der Waals surface area (Å²) in [7, 11) is 0. The van der Waals surface area contributed by atoms with Gasteiger partial charge in [0.15, 0.2) is 0 Å². The van der Waals surface area contributed by atoms with Crippen molar-refractivity contribution in [2.75, 3.05) is 5.32 Å². The molecule has 3 aromatic rings. The summed E-state index contributed by atoms with van der Waals surface area (Å²) in [6, 6.07) is 12.0. The minimum absolute atomic E-state index is 0.0167. The van der Waals surface area contributed by atoms with Gasteiger partial charge in [0.25, 0.3) is 0 Å². The number of rotatable bonds is 2. The van der Waals surface area contributed by atoms with Gasteiger partial charge >= 0.3 is 0 Å². The van der Waals surface area contributed by atoms with Gasteiger partial charge in [-0.2, -0.15) is 5.26 Å². The molecule has 0 bridgehead atoms. The Bertz CT molecular complexity index is 921. The Labute approximate surface area is 139 Å². The predicted octanol–water partition coefficient (Wildman–Crippen LogP) is 5.41. The van der Waals surface area contributed by atoms with E-state index in [4.69, 9.17) is 11.6 Å². The second kappa shape index (κ2) is 5.91. The fraction of sp³-hybridized carbons (Fsp3) is 0. The molecule has 0 radical (unpaired) electrons. The largest absolute Gasteiger partial charge is 0.354 e. The Balaban J connectivity index is 2.17. The Morgan fingerprint density at radius 3 is 2.77 bits per heavy atom. The van der Waals surface area contributed by atoms with Gasteiger partial charge in [-0.05, 0) is 36.4 Å². The van der Waals surface area contributed by atoms with Gasteiger partial charge < -0.3 is 5.32 Å². The summed E-state index contributed by atoms with van der Waals surface area (Å²) in [6.45, 7) is 0. The SMILES string of the molecule is N#Cc1cnc2ccc(Br)cc2c1Nc1ccc(F)c(Cl)c1. The number of hydrogen-bond donors (Lipinski definition) is 1. The molecule has 0 spiro atoms. The van der Waals surface area contributed by atoms with Crippen LogP contribution in [0, 0.1) is 17.1 Å². The zero-order chi connectivity index (χ0) is 15.7. The van der Waals surface area contributed by atoms with E-state index in [9.17, 15) is 9.65 Å². The summed E-state index contributed by atoms with van der Waals surface area (Å²) >= 11 is 9.21. The first kappa shape index (κ1) is 14.8. The molecule has 0 aliphatic carbocycles. The average molecular weight is 377 g/mol. The molecule has 108 valence electrons. The number of aromatic nitrogens is 1. The molecule has 0 aliphatic heterocycles. The van der Waals surface area contributed by atoms with Gasteiger partial charge in [0.2, 0.25) is 0 Å². The number of nitriles is 1. The summed E-state index contributed by atoms with van der Waals surface area (Å²) in [4.78, 5) is 4.26. The molecule has 2 aromatic carbocycles. The number of anilines is 2. The quantitative estimate of drug-likeness (QED) is 0.651. The van der Waals surface area contributed by atoms with Crippen molar-refractivity contribution in [3.63, 3.8) is 0 Å². The molecule has 0 fully saturated rings. The first-order valence-electron chi connectivity index (χ1n) is 6.29. The third-order valence-electron chi connectivity index (χ3n) is 3.14. The predicted molar refractivity (Wildman–Crippen MR) is 88.9 cm³/mol. The molecule has 0 saturated carbocycles. The van der Waals surface area contributed by atoms with Crippen molar-refractivity contribution < 1.29 is 4.39 Å². The minimum atomic E-state index is -0.491. The first-order valence-corrected chi connectivity index (χ1v) is 7.46. The van der Waals surface area contributed by atoms with Crippen LogP contribution < -0.4 is 5.32 Å². The third kappa shape index (κ3) is 2.76.